The molecule has 1 aromatic rings. The van der Waals surface area contributed by atoms with Crippen LogP contribution in [0.3, 0.4) is 0 Å². The Bertz CT molecular complexity index is 408. The Morgan fingerprint density at radius 3 is 2.60 bits per heavy atom. The maximum absolute atomic E-state index is 11.5. The molecule has 0 bridgehead atoms. The number of benzene rings is 1. The Morgan fingerprint density at radius 1 is 1.25 bits per heavy atom. The van der Waals surface area contributed by atoms with Crippen LogP contribution in [-0.2, 0) is 4.79 Å². The largest absolute Gasteiger partial charge is 0.493 e. The van der Waals surface area contributed by atoms with Crippen LogP contribution in [0.2, 0.25) is 0 Å². The molecule has 1 rings (SSSR count). The number of rotatable bonds is 9. The lowest BCUT2D eigenvalue weighted by Gasteiger charge is -2.11. The molecular formula is C15H24N2O3. The number of hydrogen-bond donors (Lipinski definition) is 1. The number of nitrogens with one attached hydrogen (secondary N) is 1. The van der Waals surface area contributed by atoms with Gasteiger partial charge in [-0.2, -0.15) is 0 Å². The number of amides is 1. The minimum Gasteiger partial charge on any atom is -0.493 e. The van der Waals surface area contributed by atoms with E-state index in [0.717, 1.165) is 6.54 Å². The molecular weight excluding hydrogens is 256 g/mol. The average Bonchev–Trinajstić information content (AvgIpc) is 2.43. The molecule has 0 spiro atoms. The number of hydrogen-bond acceptors (Lipinski definition) is 4. The third-order valence-electron chi connectivity index (χ3n) is 2.76. The minimum atomic E-state index is 0.0653. The maximum Gasteiger partial charge on any atom is 0.220 e. The summed E-state index contributed by atoms with van der Waals surface area (Å²) in [5.41, 5.74) is 0. The van der Waals surface area contributed by atoms with Gasteiger partial charge in [0.2, 0.25) is 5.91 Å². The van der Waals surface area contributed by atoms with Crippen LogP contribution < -0.4 is 14.8 Å². The molecule has 5 heteroatoms. The zero-order chi connectivity index (χ0) is 14.8. The highest BCUT2D eigenvalue weighted by molar-refractivity contribution is 5.75. The maximum atomic E-state index is 11.5. The molecule has 0 aliphatic heterocycles. The molecule has 1 N–H and O–H groups in total. The summed E-state index contributed by atoms with van der Waals surface area (Å²) in [5.74, 6) is 1.49. The smallest absolute Gasteiger partial charge is 0.220 e. The monoisotopic (exact) mass is 280 g/mol. The van der Waals surface area contributed by atoms with E-state index in [9.17, 15) is 4.79 Å². The van der Waals surface area contributed by atoms with Crippen molar-refractivity contribution in [3.63, 3.8) is 0 Å². The van der Waals surface area contributed by atoms with E-state index in [0.29, 0.717) is 37.5 Å². The summed E-state index contributed by atoms with van der Waals surface area (Å²) >= 11 is 0. The van der Waals surface area contributed by atoms with Crippen molar-refractivity contribution in [3.8, 4) is 11.5 Å². The number of likely N-dealkylation sites (N-methyl/N-ethyl adjacent to an activating group) is 1. The molecule has 0 aromatic heterocycles. The van der Waals surface area contributed by atoms with Crippen molar-refractivity contribution in [2.24, 2.45) is 0 Å². The predicted molar refractivity (Wildman–Crippen MR) is 79.3 cm³/mol. The molecule has 0 saturated carbocycles. The number of nitrogens with zero attached hydrogens (tertiary/aromatic N) is 1. The second kappa shape index (κ2) is 9.20. The van der Waals surface area contributed by atoms with Gasteiger partial charge in [-0.05, 0) is 32.6 Å². The Morgan fingerprint density at radius 2 is 1.95 bits per heavy atom. The van der Waals surface area contributed by atoms with E-state index < -0.39 is 0 Å². The standard InChI is InChI=1S/C15H24N2O3/c1-17(2)11-10-16-15(18)9-6-12-20-14-8-5-4-7-13(14)19-3/h4-5,7-8H,6,9-12H2,1-3H3,(H,16,18). The fourth-order valence-corrected chi connectivity index (χ4v) is 1.66. The topological polar surface area (TPSA) is 50.8 Å². The van der Waals surface area contributed by atoms with Gasteiger partial charge in [-0.1, -0.05) is 12.1 Å². The summed E-state index contributed by atoms with van der Waals surface area (Å²) in [5, 5.41) is 2.87. The summed E-state index contributed by atoms with van der Waals surface area (Å²) in [6.45, 7) is 2.03. The Hall–Kier alpha value is -1.75. The predicted octanol–water partition coefficient (Wildman–Crippen LogP) is 1.53. The molecule has 112 valence electrons. The van der Waals surface area contributed by atoms with Gasteiger partial charge in [0.15, 0.2) is 11.5 Å². The van der Waals surface area contributed by atoms with E-state index in [4.69, 9.17) is 9.47 Å². The number of ether oxygens (including phenoxy) is 2. The van der Waals surface area contributed by atoms with Gasteiger partial charge in [0.1, 0.15) is 0 Å². The Labute approximate surface area is 120 Å². The third-order valence-corrected chi connectivity index (χ3v) is 2.76. The lowest BCUT2D eigenvalue weighted by Crippen LogP contribution is -2.31. The highest BCUT2D eigenvalue weighted by Gasteiger charge is 2.04. The van der Waals surface area contributed by atoms with E-state index in [-0.39, 0.29) is 5.91 Å². The van der Waals surface area contributed by atoms with Crippen LogP contribution in [0.4, 0.5) is 0 Å². The van der Waals surface area contributed by atoms with Gasteiger partial charge in [-0.3, -0.25) is 4.79 Å². The van der Waals surface area contributed by atoms with Crippen LogP contribution in [0.5, 0.6) is 11.5 Å². The molecule has 5 nitrogen and oxygen atoms in total. The highest BCUT2D eigenvalue weighted by atomic mass is 16.5. The van der Waals surface area contributed by atoms with Crippen molar-refractivity contribution >= 4 is 5.91 Å². The van der Waals surface area contributed by atoms with Gasteiger partial charge in [0.25, 0.3) is 0 Å². The highest BCUT2D eigenvalue weighted by Crippen LogP contribution is 2.25. The van der Waals surface area contributed by atoms with Crippen LogP contribution >= 0.6 is 0 Å². The lowest BCUT2D eigenvalue weighted by atomic mass is 10.3. The van der Waals surface area contributed by atoms with Crippen LogP contribution in [-0.4, -0.2) is 51.7 Å². The lowest BCUT2D eigenvalue weighted by molar-refractivity contribution is -0.121. The zero-order valence-corrected chi connectivity index (χ0v) is 12.5. The van der Waals surface area contributed by atoms with Crippen LogP contribution in [0.15, 0.2) is 24.3 Å². The van der Waals surface area contributed by atoms with E-state index in [1.165, 1.54) is 0 Å². The van der Waals surface area contributed by atoms with Gasteiger partial charge >= 0.3 is 0 Å². The van der Waals surface area contributed by atoms with Crippen molar-refractivity contribution in [1.29, 1.82) is 0 Å². The summed E-state index contributed by atoms with van der Waals surface area (Å²) in [7, 11) is 5.57. The molecule has 0 aliphatic rings. The molecule has 0 fully saturated rings. The molecule has 0 heterocycles. The number of carbonyl (C=O) groups excluding carboxylic acids is 1. The Kier molecular flexibility index (Phi) is 7.50. The zero-order valence-electron chi connectivity index (χ0n) is 12.5. The fourth-order valence-electron chi connectivity index (χ4n) is 1.66. The summed E-state index contributed by atoms with van der Waals surface area (Å²) in [4.78, 5) is 13.6. The van der Waals surface area contributed by atoms with Crippen LogP contribution in [0, 0.1) is 0 Å². The summed E-state index contributed by atoms with van der Waals surface area (Å²) in [6.07, 6.45) is 1.16. The molecule has 20 heavy (non-hydrogen) atoms. The molecule has 1 aromatic carbocycles. The average molecular weight is 280 g/mol. The SMILES string of the molecule is COc1ccccc1OCCCC(=O)NCCN(C)C. The summed E-state index contributed by atoms with van der Waals surface area (Å²) < 4.78 is 10.8. The summed E-state index contributed by atoms with van der Waals surface area (Å²) in [6, 6.07) is 7.50. The first-order chi connectivity index (χ1) is 9.63. The van der Waals surface area contributed by atoms with E-state index in [2.05, 4.69) is 5.32 Å². The third kappa shape index (κ3) is 6.43. The number of para-hydroxylation sites is 2. The Balaban J connectivity index is 2.16. The van der Waals surface area contributed by atoms with Crippen LogP contribution in [0.25, 0.3) is 0 Å². The molecule has 0 aliphatic carbocycles. The van der Waals surface area contributed by atoms with Gasteiger partial charge in [-0.15, -0.1) is 0 Å². The van der Waals surface area contributed by atoms with Gasteiger partial charge in [0, 0.05) is 19.5 Å². The van der Waals surface area contributed by atoms with Crippen molar-refractivity contribution in [2.75, 3.05) is 40.9 Å². The molecule has 0 unspecified atom stereocenters. The van der Waals surface area contributed by atoms with Crippen molar-refractivity contribution in [1.82, 2.24) is 10.2 Å². The molecule has 1 amide bonds. The van der Waals surface area contributed by atoms with Crippen molar-refractivity contribution in [2.45, 2.75) is 12.8 Å². The minimum absolute atomic E-state index is 0.0653. The molecule has 0 radical (unpaired) electrons. The van der Waals surface area contributed by atoms with Gasteiger partial charge in [-0.25, -0.2) is 0 Å². The number of carbonyl (C=O) groups is 1. The van der Waals surface area contributed by atoms with Crippen LogP contribution in [0.1, 0.15) is 12.8 Å². The first kappa shape index (κ1) is 16.3. The van der Waals surface area contributed by atoms with E-state index in [1.54, 1.807) is 7.11 Å². The van der Waals surface area contributed by atoms with Crippen molar-refractivity contribution < 1.29 is 14.3 Å². The second-order valence-corrected chi connectivity index (χ2v) is 4.76. The van der Waals surface area contributed by atoms with E-state index >= 15 is 0 Å². The fraction of sp³-hybridized carbons (Fsp3) is 0.533. The normalized spacial score (nSPS) is 10.4. The molecule has 0 saturated heterocycles. The second-order valence-electron chi connectivity index (χ2n) is 4.76. The molecule has 0 atom stereocenters. The quantitative estimate of drug-likeness (QED) is 0.697. The number of methoxy groups -OCH3 is 1. The van der Waals surface area contributed by atoms with E-state index in [1.807, 2.05) is 43.3 Å². The first-order valence-electron chi connectivity index (χ1n) is 6.80. The first-order valence-corrected chi connectivity index (χ1v) is 6.80. The van der Waals surface area contributed by atoms with Gasteiger partial charge < -0.3 is 19.7 Å². The van der Waals surface area contributed by atoms with Crippen molar-refractivity contribution in [3.05, 3.63) is 24.3 Å². The van der Waals surface area contributed by atoms with Gasteiger partial charge in [0.05, 0.1) is 13.7 Å².